The summed E-state index contributed by atoms with van der Waals surface area (Å²) < 4.78 is 67.7. The predicted molar refractivity (Wildman–Crippen MR) is 110 cm³/mol. The SMILES string of the molecule is C=C(Cl)/C=C(C(=O)CNC(C(=O)c1cc(F)c(C#N)c(F)c1)C(C)C)\C(=C/C)C(F)(F)F. The van der Waals surface area contributed by atoms with Crippen molar-refractivity contribution >= 4 is 23.2 Å². The Morgan fingerprint density at radius 2 is 1.78 bits per heavy atom. The summed E-state index contributed by atoms with van der Waals surface area (Å²) >= 11 is 5.58. The average molecular weight is 475 g/mol. The van der Waals surface area contributed by atoms with E-state index in [1.54, 1.807) is 13.8 Å². The van der Waals surface area contributed by atoms with E-state index in [1.165, 1.54) is 6.07 Å². The van der Waals surface area contributed by atoms with E-state index in [9.17, 15) is 31.5 Å². The van der Waals surface area contributed by atoms with Gasteiger partial charge in [0.15, 0.2) is 11.6 Å². The molecule has 0 aliphatic rings. The van der Waals surface area contributed by atoms with Gasteiger partial charge in [-0.15, -0.1) is 0 Å². The summed E-state index contributed by atoms with van der Waals surface area (Å²) in [5.41, 5.74) is -3.23. The van der Waals surface area contributed by atoms with Crippen molar-refractivity contribution in [3.05, 3.63) is 69.8 Å². The van der Waals surface area contributed by atoms with E-state index in [2.05, 4.69) is 11.9 Å². The summed E-state index contributed by atoms with van der Waals surface area (Å²) in [7, 11) is 0. The van der Waals surface area contributed by atoms with Gasteiger partial charge in [-0.25, -0.2) is 8.78 Å². The monoisotopic (exact) mass is 474 g/mol. The minimum Gasteiger partial charge on any atom is -0.300 e. The lowest BCUT2D eigenvalue weighted by Gasteiger charge is -2.22. The number of Topliss-reactive ketones (excluding diaryl/α,β-unsaturated/α-hetero) is 2. The summed E-state index contributed by atoms with van der Waals surface area (Å²) in [5.74, 6) is -4.79. The highest BCUT2D eigenvalue weighted by Gasteiger charge is 2.38. The molecule has 0 spiro atoms. The van der Waals surface area contributed by atoms with E-state index in [4.69, 9.17) is 16.9 Å². The van der Waals surface area contributed by atoms with Crippen LogP contribution in [-0.4, -0.2) is 30.3 Å². The molecule has 1 atom stereocenters. The van der Waals surface area contributed by atoms with Crippen LogP contribution in [0.5, 0.6) is 0 Å². The van der Waals surface area contributed by atoms with E-state index in [1.807, 2.05) is 0 Å². The number of hydrogen-bond donors (Lipinski definition) is 1. The Bertz CT molecular complexity index is 997. The van der Waals surface area contributed by atoms with Crippen molar-refractivity contribution in [2.45, 2.75) is 33.0 Å². The van der Waals surface area contributed by atoms with Gasteiger partial charge in [0.05, 0.1) is 18.2 Å². The number of allylic oxidation sites excluding steroid dienone is 4. The number of nitrogens with one attached hydrogen (secondary N) is 1. The van der Waals surface area contributed by atoms with Crippen molar-refractivity contribution in [3.8, 4) is 6.07 Å². The van der Waals surface area contributed by atoms with Gasteiger partial charge >= 0.3 is 6.18 Å². The molecule has 4 nitrogen and oxygen atoms in total. The smallest absolute Gasteiger partial charge is 0.300 e. The van der Waals surface area contributed by atoms with Crippen molar-refractivity contribution in [1.82, 2.24) is 5.32 Å². The lowest BCUT2D eigenvalue weighted by Crippen LogP contribution is -2.44. The topological polar surface area (TPSA) is 70.0 Å². The number of benzene rings is 1. The van der Waals surface area contributed by atoms with Gasteiger partial charge in [0.1, 0.15) is 23.3 Å². The van der Waals surface area contributed by atoms with Gasteiger partial charge in [-0.2, -0.15) is 18.4 Å². The van der Waals surface area contributed by atoms with Crippen LogP contribution in [0.3, 0.4) is 0 Å². The number of carbonyl (C=O) groups excluding carboxylic acids is 2. The quantitative estimate of drug-likeness (QED) is 0.225. The van der Waals surface area contributed by atoms with Gasteiger partial charge in [-0.05, 0) is 31.1 Å². The number of halogens is 6. The molecule has 1 aromatic carbocycles. The summed E-state index contributed by atoms with van der Waals surface area (Å²) in [6, 6.07) is 1.55. The number of nitrogens with zero attached hydrogens (tertiary/aromatic N) is 1. The second-order valence-electron chi connectivity index (χ2n) is 7.02. The minimum atomic E-state index is -4.84. The minimum absolute atomic E-state index is 0.308. The maximum absolute atomic E-state index is 13.9. The maximum Gasteiger partial charge on any atom is 0.416 e. The lowest BCUT2D eigenvalue weighted by atomic mass is 9.93. The largest absolute Gasteiger partial charge is 0.416 e. The third kappa shape index (κ3) is 6.84. The number of alkyl halides is 3. The van der Waals surface area contributed by atoms with Gasteiger partial charge in [0, 0.05) is 16.2 Å². The molecule has 0 bridgehead atoms. The summed E-state index contributed by atoms with van der Waals surface area (Å²) in [4.78, 5) is 25.3. The Labute approximate surface area is 187 Å². The average Bonchev–Trinajstić information content (AvgIpc) is 2.65. The van der Waals surface area contributed by atoms with Crippen molar-refractivity contribution < 1.29 is 31.5 Å². The lowest BCUT2D eigenvalue weighted by molar-refractivity contribution is -0.117. The van der Waals surface area contributed by atoms with Crippen LogP contribution in [0.25, 0.3) is 0 Å². The first-order chi connectivity index (χ1) is 14.7. The molecule has 0 aliphatic heterocycles. The first kappa shape index (κ1) is 27.2. The standard InChI is InChI=1S/C22H20ClF5N2O2/c1-5-16(22(26,27)28)14(6-12(4)23)19(31)10-30-20(11(2)3)21(32)13-7-17(24)15(9-29)18(25)8-13/h5-8,11,20,30H,4,10H2,1-3H3/b14-6+,16-5+. The molecule has 1 N–H and O–H groups in total. The predicted octanol–water partition coefficient (Wildman–Crippen LogP) is 5.39. The second kappa shape index (κ2) is 11.2. The van der Waals surface area contributed by atoms with E-state index in [0.717, 1.165) is 13.0 Å². The Balaban J connectivity index is 3.21. The number of rotatable bonds is 9. The van der Waals surface area contributed by atoms with Gasteiger partial charge < -0.3 is 0 Å². The molecule has 1 rings (SSSR count). The van der Waals surface area contributed by atoms with Crippen molar-refractivity contribution in [3.63, 3.8) is 0 Å². The summed E-state index contributed by atoms with van der Waals surface area (Å²) in [6.45, 7) is 6.82. The zero-order valence-electron chi connectivity index (χ0n) is 17.4. The molecule has 0 radical (unpaired) electrons. The van der Waals surface area contributed by atoms with Crippen LogP contribution in [0.1, 0.15) is 36.7 Å². The third-order valence-corrected chi connectivity index (χ3v) is 4.46. The third-order valence-electron chi connectivity index (χ3n) is 4.36. The van der Waals surface area contributed by atoms with Crippen LogP contribution in [0, 0.1) is 28.9 Å². The molecular weight excluding hydrogens is 455 g/mol. The van der Waals surface area contributed by atoms with E-state index in [-0.39, 0.29) is 5.03 Å². The number of hydrogen-bond acceptors (Lipinski definition) is 4. The first-order valence-corrected chi connectivity index (χ1v) is 9.62. The zero-order chi connectivity index (χ0) is 24.8. The van der Waals surface area contributed by atoms with Gasteiger partial charge in [0.2, 0.25) is 0 Å². The fraction of sp³-hybridized carbons (Fsp3) is 0.318. The Hall–Kier alpha value is -2.83. The fourth-order valence-electron chi connectivity index (χ4n) is 2.87. The fourth-order valence-corrected chi connectivity index (χ4v) is 2.98. The molecule has 10 heteroatoms. The van der Waals surface area contributed by atoms with Crippen molar-refractivity contribution in [2.24, 2.45) is 5.92 Å². The maximum atomic E-state index is 13.9. The highest BCUT2D eigenvalue weighted by atomic mass is 35.5. The van der Waals surface area contributed by atoms with Crippen LogP contribution >= 0.6 is 11.6 Å². The van der Waals surface area contributed by atoms with E-state index in [0.29, 0.717) is 18.2 Å². The molecule has 0 aliphatic carbocycles. The van der Waals surface area contributed by atoms with Crippen LogP contribution < -0.4 is 5.32 Å². The Kier molecular flexibility index (Phi) is 9.49. The summed E-state index contributed by atoms with van der Waals surface area (Å²) in [5, 5.41) is 11.0. The van der Waals surface area contributed by atoms with E-state index >= 15 is 0 Å². The Morgan fingerprint density at radius 3 is 2.16 bits per heavy atom. The zero-order valence-corrected chi connectivity index (χ0v) is 18.2. The number of ketones is 2. The molecule has 1 unspecified atom stereocenters. The van der Waals surface area contributed by atoms with Crippen LogP contribution in [0.4, 0.5) is 22.0 Å². The summed E-state index contributed by atoms with van der Waals surface area (Å²) in [6.07, 6.45) is -3.36. The molecule has 0 saturated carbocycles. The highest BCUT2D eigenvalue weighted by molar-refractivity contribution is 6.31. The van der Waals surface area contributed by atoms with Gasteiger partial charge in [0.25, 0.3) is 0 Å². The number of nitriles is 1. The first-order valence-electron chi connectivity index (χ1n) is 9.24. The van der Waals surface area contributed by atoms with E-state index < -0.39 is 70.2 Å². The molecule has 0 fully saturated rings. The molecule has 1 aromatic rings. The molecular formula is C22H20ClF5N2O2. The molecule has 0 amide bonds. The normalized spacial score (nSPS) is 13.7. The Morgan fingerprint density at radius 1 is 1.25 bits per heavy atom. The number of carbonyl (C=O) groups is 2. The second-order valence-corrected chi connectivity index (χ2v) is 7.51. The molecule has 32 heavy (non-hydrogen) atoms. The molecule has 0 heterocycles. The van der Waals surface area contributed by atoms with Crippen LogP contribution in [0.2, 0.25) is 0 Å². The molecule has 172 valence electrons. The van der Waals surface area contributed by atoms with Gasteiger partial charge in [-0.3, -0.25) is 14.9 Å². The van der Waals surface area contributed by atoms with Gasteiger partial charge in [-0.1, -0.05) is 38.1 Å². The highest BCUT2D eigenvalue weighted by Crippen LogP contribution is 2.32. The molecule has 0 saturated heterocycles. The van der Waals surface area contributed by atoms with Crippen LogP contribution in [0.15, 0.2) is 47.0 Å². The van der Waals surface area contributed by atoms with Crippen molar-refractivity contribution in [1.29, 1.82) is 5.26 Å². The van der Waals surface area contributed by atoms with Crippen molar-refractivity contribution in [2.75, 3.05) is 6.54 Å². The van der Waals surface area contributed by atoms with Crippen LogP contribution in [-0.2, 0) is 4.79 Å². The molecule has 0 aromatic heterocycles.